The van der Waals surface area contributed by atoms with Crippen molar-refractivity contribution in [2.24, 2.45) is 16.8 Å². The predicted octanol–water partition coefficient (Wildman–Crippen LogP) is 2.12. The molecule has 5 nitrogen and oxygen atoms in total. The number of amides is 1. The van der Waals surface area contributed by atoms with Crippen molar-refractivity contribution in [2.45, 2.75) is 25.3 Å². The van der Waals surface area contributed by atoms with Crippen LogP contribution in [0.25, 0.3) is 0 Å². The van der Waals surface area contributed by atoms with Gasteiger partial charge < -0.3 is 16.3 Å². The number of nitrogens with one attached hydrogen (secondary N) is 1. The molecule has 1 fully saturated rings. The average molecular weight is 300 g/mol. The van der Waals surface area contributed by atoms with Gasteiger partial charge in [0, 0.05) is 12.0 Å². The molecule has 1 saturated carbocycles. The first-order valence-corrected chi connectivity index (χ1v) is 6.64. The van der Waals surface area contributed by atoms with Gasteiger partial charge in [-0.15, -0.1) is 0 Å². The van der Waals surface area contributed by atoms with E-state index in [9.17, 15) is 9.18 Å². The Kier molecular flexibility index (Phi) is 4.44. The summed E-state index contributed by atoms with van der Waals surface area (Å²) in [6, 6.07) is 3.39. The molecule has 1 aliphatic carbocycles. The number of carbonyl (C=O) groups excluding carboxylic acids is 1. The predicted molar refractivity (Wildman–Crippen MR) is 73.4 cm³/mol. The highest BCUT2D eigenvalue weighted by atomic mass is 35.5. The molecule has 1 amide bonds. The Morgan fingerprint density at radius 2 is 2.25 bits per heavy atom. The van der Waals surface area contributed by atoms with E-state index in [-0.39, 0.29) is 28.4 Å². The zero-order valence-corrected chi connectivity index (χ0v) is 11.4. The zero-order chi connectivity index (χ0) is 14.7. The van der Waals surface area contributed by atoms with E-state index in [2.05, 4.69) is 10.5 Å². The highest BCUT2D eigenvalue weighted by Crippen LogP contribution is 2.26. The van der Waals surface area contributed by atoms with Crippen LogP contribution in [0.5, 0.6) is 0 Å². The van der Waals surface area contributed by atoms with Crippen LogP contribution in [0.2, 0.25) is 5.02 Å². The van der Waals surface area contributed by atoms with Gasteiger partial charge in [0.05, 0.1) is 10.6 Å². The van der Waals surface area contributed by atoms with Crippen LogP contribution in [0.3, 0.4) is 0 Å². The first-order valence-electron chi connectivity index (χ1n) is 6.26. The fourth-order valence-electron chi connectivity index (χ4n) is 2.48. The Morgan fingerprint density at radius 3 is 2.90 bits per heavy atom. The number of halogens is 2. The highest BCUT2D eigenvalue weighted by molar-refractivity contribution is 6.33. The Morgan fingerprint density at radius 1 is 1.50 bits per heavy atom. The molecule has 4 N–H and O–H groups in total. The molecular formula is C13H15ClFN3O2. The van der Waals surface area contributed by atoms with Crippen LogP contribution in [-0.4, -0.2) is 23.0 Å². The summed E-state index contributed by atoms with van der Waals surface area (Å²) in [5.74, 6) is -0.972. The molecule has 0 bridgehead atoms. The summed E-state index contributed by atoms with van der Waals surface area (Å²) in [6.45, 7) is 0. The molecule has 1 aromatic rings. The van der Waals surface area contributed by atoms with Gasteiger partial charge in [0.15, 0.2) is 0 Å². The molecule has 7 heteroatoms. The number of hydrogen-bond acceptors (Lipinski definition) is 3. The molecule has 0 spiro atoms. The molecule has 108 valence electrons. The van der Waals surface area contributed by atoms with Crippen molar-refractivity contribution >= 4 is 23.3 Å². The monoisotopic (exact) mass is 299 g/mol. The minimum Gasteiger partial charge on any atom is -0.409 e. The number of rotatable bonds is 3. The maximum atomic E-state index is 13.0. The van der Waals surface area contributed by atoms with Crippen molar-refractivity contribution in [1.29, 1.82) is 0 Å². The van der Waals surface area contributed by atoms with Crippen molar-refractivity contribution in [1.82, 2.24) is 5.32 Å². The van der Waals surface area contributed by atoms with Crippen LogP contribution >= 0.6 is 11.6 Å². The molecule has 2 atom stereocenters. The minimum atomic E-state index is -0.498. The molecule has 0 heterocycles. The third kappa shape index (κ3) is 3.01. The Bertz CT molecular complexity index is 550. The van der Waals surface area contributed by atoms with Crippen LogP contribution in [0.1, 0.15) is 29.6 Å². The number of amidine groups is 1. The fraction of sp³-hybridized carbons (Fsp3) is 0.385. The van der Waals surface area contributed by atoms with Gasteiger partial charge in [-0.1, -0.05) is 23.2 Å². The Hall–Kier alpha value is -1.82. The second-order valence-corrected chi connectivity index (χ2v) is 5.17. The third-order valence-corrected chi connectivity index (χ3v) is 3.82. The normalized spacial score (nSPS) is 22.8. The van der Waals surface area contributed by atoms with Crippen LogP contribution in [0.15, 0.2) is 23.4 Å². The van der Waals surface area contributed by atoms with Gasteiger partial charge in [-0.2, -0.15) is 0 Å². The van der Waals surface area contributed by atoms with Crippen LogP contribution in [0, 0.1) is 11.7 Å². The summed E-state index contributed by atoms with van der Waals surface area (Å²) in [5, 5.41) is 14.6. The molecular weight excluding hydrogens is 285 g/mol. The Balaban J connectivity index is 2.11. The second-order valence-electron chi connectivity index (χ2n) is 4.77. The molecule has 2 unspecified atom stereocenters. The lowest BCUT2D eigenvalue weighted by Gasteiger charge is -2.20. The minimum absolute atomic E-state index is 0.0563. The number of nitrogens with two attached hydrogens (primary N) is 1. The summed E-state index contributed by atoms with van der Waals surface area (Å²) < 4.78 is 13.0. The van der Waals surface area contributed by atoms with Gasteiger partial charge in [-0.05, 0) is 31.0 Å². The smallest absolute Gasteiger partial charge is 0.253 e. The number of benzene rings is 1. The van der Waals surface area contributed by atoms with Gasteiger partial charge in [-0.3, -0.25) is 4.79 Å². The molecule has 0 aromatic heterocycles. The molecule has 0 saturated heterocycles. The van der Waals surface area contributed by atoms with E-state index in [1.54, 1.807) is 0 Å². The summed E-state index contributed by atoms with van der Waals surface area (Å²) in [6.07, 6.45) is 2.37. The SMILES string of the molecule is NC(=NO)C1CCCC1NC(=O)c1ccc(F)cc1Cl. The van der Waals surface area contributed by atoms with Crippen LogP contribution in [-0.2, 0) is 0 Å². The lowest BCUT2D eigenvalue weighted by Crippen LogP contribution is -2.42. The molecule has 0 aliphatic heterocycles. The second kappa shape index (κ2) is 6.09. The maximum Gasteiger partial charge on any atom is 0.253 e. The fourth-order valence-corrected chi connectivity index (χ4v) is 2.73. The molecule has 20 heavy (non-hydrogen) atoms. The van der Waals surface area contributed by atoms with Crippen molar-refractivity contribution < 1.29 is 14.4 Å². The van der Waals surface area contributed by atoms with E-state index < -0.39 is 11.7 Å². The van der Waals surface area contributed by atoms with Crippen molar-refractivity contribution in [2.75, 3.05) is 0 Å². The van der Waals surface area contributed by atoms with E-state index in [0.717, 1.165) is 25.3 Å². The molecule has 1 aromatic carbocycles. The van der Waals surface area contributed by atoms with E-state index in [1.165, 1.54) is 12.1 Å². The van der Waals surface area contributed by atoms with Gasteiger partial charge in [0.1, 0.15) is 11.7 Å². The van der Waals surface area contributed by atoms with E-state index in [4.69, 9.17) is 22.5 Å². The van der Waals surface area contributed by atoms with Crippen molar-refractivity contribution in [3.63, 3.8) is 0 Å². The average Bonchev–Trinajstić information content (AvgIpc) is 2.85. The van der Waals surface area contributed by atoms with Crippen molar-refractivity contribution in [3.05, 3.63) is 34.6 Å². The third-order valence-electron chi connectivity index (χ3n) is 3.50. The number of nitrogens with zero attached hydrogens (tertiary/aromatic N) is 1. The largest absolute Gasteiger partial charge is 0.409 e. The van der Waals surface area contributed by atoms with Gasteiger partial charge in [0.2, 0.25) is 0 Å². The number of oxime groups is 1. The van der Waals surface area contributed by atoms with Crippen LogP contribution < -0.4 is 11.1 Å². The van der Waals surface area contributed by atoms with Gasteiger partial charge in [0.25, 0.3) is 5.91 Å². The molecule has 2 rings (SSSR count). The lowest BCUT2D eigenvalue weighted by molar-refractivity contribution is 0.0933. The highest BCUT2D eigenvalue weighted by Gasteiger charge is 2.32. The first-order chi connectivity index (χ1) is 9.52. The summed E-state index contributed by atoms with van der Waals surface area (Å²) in [7, 11) is 0. The summed E-state index contributed by atoms with van der Waals surface area (Å²) >= 11 is 5.85. The van der Waals surface area contributed by atoms with E-state index >= 15 is 0 Å². The quantitative estimate of drug-likeness (QED) is 0.346. The lowest BCUT2D eigenvalue weighted by atomic mass is 10.0. The maximum absolute atomic E-state index is 13.0. The van der Waals surface area contributed by atoms with Gasteiger partial charge >= 0.3 is 0 Å². The molecule has 0 radical (unpaired) electrons. The number of carbonyl (C=O) groups is 1. The summed E-state index contributed by atoms with van der Waals surface area (Å²) in [4.78, 5) is 12.1. The topological polar surface area (TPSA) is 87.7 Å². The Labute approximate surface area is 120 Å². The number of hydrogen-bond donors (Lipinski definition) is 3. The van der Waals surface area contributed by atoms with E-state index in [1.807, 2.05) is 0 Å². The van der Waals surface area contributed by atoms with Crippen LogP contribution in [0.4, 0.5) is 4.39 Å². The summed E-state index contributed by atoms with van der Waals surface area (Å²) in [5.41, 5.74) is 5.81. The van der Waals surface area contributed by atoms with Crippen molar-refractivity contribution in [3.8, 4) is 0 Å². The van der Waals surface area contributed by atoms with E-state index in [0.29, 0.717) is 0 Å². The molecule has 1 aliphatic rings. The first kappa shape index (κ1) is 14.6. The standard InChI is InChI=1S/C13H15ClFN3O2/c14-10-6-7(15)4-5-8(10)13(19)17-11-3-1-2-9(11)12(16)18-20/h4-6,9,11,20H,1-3H2,(H2,16,18)(H,17,19). The van der Waals surface area contributed by atoms with Gasteiger partial charge in [-0.25, -0.2) is 4.39 Å². The zero-order valence-electron chi connectivity index (χ0n) is 10.6.